The lowest BCUT2D eigenvalue weighted by molar-refractivity contribution is 0.368. The third-order valence-corrected chi connectivity index (χ3v) is 6.42. The van der Waals surface area contributed by atoms with Crippen LogP contribution in [0.4, 0.5) is 0 Å². The Morgan fingerprint density at radius 1 is 1.19 bits per heavy atom. The van der Waals surface area contributed by atoms with E-state index in [1.54, 1.807) is 11.8 Å². The van der Waals surface area contributed by atoms with Crippen LogP contribution in [0.5, 0.6) is 0 Å². The molecule has 0 amide bonds. The predicted octanol–water partition coefficient (Wildman–Crippen LogP) is 5.85. The van der Waals surface area contributed by atoms with Crippen molar-refractivity contribution in [3.63, 3.8) is 0 Å². The van der Waals surface area contributed by atoms with Crippen LogP contribution in [-0.2, 0) is 0 Å². The molecule has 1 aromatic rings. The first-order valence-electron chi connectivity index (χ1n) is 10.5. The number of thioether (sulfide) groups is 1. The molecular weight excluding hydrogens is 350 g/mol. The number of nitrogens with zero attached hydrogens (tertiary/aromatic N) is 2. The predicted molar refractivity (Wildman–Crippen MR) is 121 cm³/mol. The molecule has 1 aliphatic heterocycles. The van der Waals surface area contributed by atoms with Crippen LogP contribution in [0.3, 0.4) is 0 Å². The molecule has 2 aliphatic rings. The van der Waals surface area contributed by atoms with E-state index in [1.807, 2.05) is 18.2 Å². The number of amidine groups is 1. The fourth-order valence-electron chi connectivity index (χ4n) is 4.41. The van der Waals surface area contributed by atoms with Gasteiger partial charge in [0, 0.05) is 22.4 Å². The summed E-state index contributed by atoms with van der Waals surface area (Å²) in [5, 5.41) is 3.34. The first-order chi connectivity index (χ1) is 13.2. The topological polar surface area (TPSA) is 36.8 Å². The van der Waals surface area contributed by atoms with Crippen molar-refractivity contribution in [1.29, 1.82) is 0 Å². The first-order valence-corrected chi connectivity index (χ1v) is 11.7. The van der Waals surface area contributed by atoms with Crippen molar-refractivity contribution < 1.29 is 0 Å². The van der Waals surface area contributed by atoms with Gasteiger partial charge in [0.2, 0.25) is 0 Å². The van der Waals surface area contributed by atoms with E-state index < -0.39 is 0 Å². The Hall–Kier alpha value is -1.13. The molecule has 0 radical (unpaired) electrons. The van der Waals surface area contributed by atoms with Gasteiger partial charge in [0.1, 0.15) is 5.84 Å². The van der Waals surface area contributed by atoms with Crippen LogP contribution in [0.1, 0.15) is 58.8 Å². The van der Waals surface area contributed by atoms with Gasteiger partial charge in [-0.05, 0) is 70.0 Å². The fourth-order valence-corrected chi connectivity index (χ4v) is 4.84. The number of aliphatic imine (C=N–C) groups is 2. The molecule has 4 heteroatoms. The molecule has 0 aromatic heterocycles. The van der Waals surface area contributed by atoms with Crippen molar-refractivity contribution in [3.05, 3.63) is 30.3 Å². The largest absolute Gasteiger partial charge is 0.319 e. The van der Waals surface area contributed by atoms with Crippen LogP contribution < -0.4 is 5.32 Å². The quantitative estimate of drug-likeness (QED) is 0.568. The van der Waals surface area contributed by atoms with Crippen LogP contribution in [-0.4, -0.2) is 37.9 Å². The monoisotopic (exact) mass is 387 g/mol. The molecule has 0 spiro atoms. The molecule has 27 heavy (non-hydrogen) atoms. The standard InChI is InChI=1S/C16H29N3.C7H8S/c1-4-6-15-18-12-14(19-15)16(8-5-2)9-7-13(10-16)11-17-3;1-8-7-5-3-2-4-6-7/h13,17H,4-12H2,1-3H3;2-6H,1H3. The van der Waals surface area contributed by atoms with E-state index in [-0.39, 0.29) is 0 Å². The van der Waals surface area contributed by atoms with E-state index in [4.69, 9.17) is 4.99 Å². The van der Waals surface area contributed by atoms with Gasteiger partial charge in [-0.1, -0.05) is 38.5 Å². The summed E-state index contributed by atoms with van der Waals surface area (Å²) < 4.78 is 0. The summed E-state index contributed by atoms with van der Waals surface area (Å²) >= 11 is 1.77. The lowest BCUT2D eigenvalue weighted by atomic mass is 9.76. The molecule has 1 fully saturated rings. The highest BCUT2D eigenvalue weighted by molar-refractivity contribution is 7.98. The molecule has 1 heterocycles. The zero-order chi connectivity index (χ0) is 19.5. The van der Waals surface area contributed by atoms with Crippen molar-refractivity contribution >= 4 is 23.3 Å². The average molecular weight is 388 g/mol. The Morgan fingerprint density at radius 3 is 2.56 bits per heavy atom. The highest BCUT2D eigenvalue weighted by Crippen LogP contribution is 2.47. The van der Waals surface area contributed by atoms with Crippen molar-refractivity contribution in [2.45, 2.75) is 63.7 Å². The van der Waals surface area contributed by atoms with E-state index in [0.29, 0.717) is 5.41 Å². The average Bonchev–Trinajstić information content (AvgIpc) is 3.32. The van der Waals surface area contributed by atoms with E-state index in [2.05, 4.69) is 49.6 Å². The summed E-state index contributed by atoms with van der Waals surface area (Å²) in [5.41, 5.74) is 1.77. The lowest BCUT2D eigenvalue weighted by Gasteiger charge is -2.29. The summed E-state index contributed by atoms with van der Waals surface area (Å²) in [6.45, 7) is 6.54. The van der Waals surface area contributed by atoms with Gasteiger partial charge in [-0.3, -0.25) is 4.99 Å². The molecule has 2 atom stereocenters. The highest BCUT2D eigenvalue weighted by Gasteiger charge is 2.42. The van der Waals surface area contributed by atoms with Crippen LogP contribution in [0.15, 0.2) is 45.2 Å². The molecule has 3 nitrogen and oxygen atoms in total. The van der Waals surface area contributed by atoms with E-state index in [1.165, 1.54) is 42.7 Å². The van der Waals surface area contributed by atoms with E-state index in [9.17, 15) is 0 Å². The summed E-state index contributed by atoms with van der Waals surface area (Å²) in [6, 6.07) is 10.3. The second-order valence-corrected chi connectivity index (χ2v) is 8.63. The summed E-state index contributed by atoms with van der Waals surface area (Å²) in [6.07, 6.45) is 10.8. The molecule has 1 saturated carbocycles. The number of rotatable bonds is 8. The van der Waals surface area contributed by atoms with Crippen LogP contribution in [0.25, 0.3) is 0 Å². The van der Waals surface area contributed by atoms with Gasteiger partial charge in [0.25, 0.3) is 0 Å². The van der Waals surface area contributed by atoms with Crippen LogP contribution >= 0.6 is 11.8 Å². The number of hydrogen-bond acceptors (Lipinski definition) is 4. The Morgan fingerprint density at radius 2 is 1.96 bits per heavy atom. The van der Waals surface area contributed by atoms with Crippen molar-refractivity contribution in [2.24, 2.45) is 21.3 Å². The Balaban J connectivity index is 0.000000273. The third-order valence-electron chi connectivity index (χ3n) is 5.67. The molecule has 150 valence electrons. The second kappa shape index (κ2) is 11.7. The molecule has 3 rings (SSSR count). The number of nitrogens with one attached hydrogen (secondary N) is 1. The van der Waals surface area contributed by atoms with Gasteiger partial charge < -0.3 is 5.32 Å². The normalized spacial score (nSPS) is 24.2. The Kier molecular flexibility index (Phi) is 9.57. The molecule has 0 bridgehead atoms. The Bertz CT molecular complexity index is 611. The molecule has 1 aliphatic carbocycles. The maximum Gasteiger partial charge on any atom is 0.123 e. The van der Waals surface area contributed by atoms with E-state index in [0.717, 1.165) is 37.7 Å². The molecule has 2 unspecified atom stereocenters. The van der Waals surface area contributed by atoms with Crippen molar-refractivity contribution in [2.75, 3.05) is 26.4 Å². The second-order valence-electron chi connectivity index (χ2n) is 7.75. The number of hydrogen-bond donors (Lipinski definition) is 1. The van der Waals surface area contributed by atoms with Crippen LogP contribution in [0, 0.1) is 11.3 Å². The molecule has 1 aromatic carbocycles. The minimum absolute atomic E-state index is 0.370. The first kappa shape index (κ1) is 22.2. The smallest absolute Gasteiger partial charge is 0.123 e. The van der Waals surface area contributed by atoms with Gasteiger partial charge in [-0.2, -0.15) is 0 Å². The van der Waals surface area contributed by atoms with Crippen LogP contribution in [0.2, 0.25) is 0 Å². The summed E-state index contributed by atoms with van der Waals surface area (Å²) in [5.74, 6) is 1.93. The third kappa shape index (κ3) is 6.46. The molecular formula is C23H37N3S. The molecule has 0 saturated heterocycles. The van der Waals surface area contributed by atoms with Gasteiger partial charge in [-0.15, -0.1) is 11.8 Å². The van der Waals surface area contributed by atoms with E-state index >= 15 is 0 Å². The fraction of sp³-hybridized carbons (Fsp3) is 0.652. The minimum atomic E-state index is 0.370. The van der Waals surface area contributed by atoms with Crippen molar-refractivity contribution in [1.82, 2.24) is 5.32 Å². The molecule has 1 N–H and O–H groups in total. The highest BCUT2D eigenvalue weighted by atomic mass is 32.2. The SMILES string of the molecule is CCCC1=NCC(C2(CCC)CCC(CNC)C2)=N1.CSc1ccccc1. The minimum Gasteiger partial charge on any atom is -0.319 e. The van der Waals surface area contributed by atoms with Gasteiger partial charge >= 0.3 is 0 Å². The zero-order valence-electron chi connectivity index (χ0n) is 17.6. The van der Waals surface area contributed by atoms with Gasteiger partial charge in [0.05, 0.1) is 6.54 Å². The zero-order valence-corrected chi connectivity index (χ0v) is 18.4. The summed E-state index contributed by atoms with van der Waals surface area (Å²) in [4.78, 5) is 10.9. The maximum atomic E-state index is 4.89. The Labute approximate surface area is 170 Å². The summed E-state index contributed by atoms with van der Waals surface area (Å²) in [7, 11) is 2.06. The van der Waals surface area contributed by atoms with Crippen molar-refractivity contribution in [3.8, 4) is 0 Å². The maximum absolute atomic E-state index is 4.89. The number of benzene rings is 1. The van der Waals surface area contributed by atoms with Gasteiger partial charge in [0.15, 0.2) is 0 Å². The van der Waals surface area contributed by atoms with Gasteiger partial charge in [-0.25, -0.2) is 4.99 Å². The lowest BCUT2D eigenvalue weighted by Crippen LogP contribution is -2.30.